The van der Waals surface area contributed by atoms with Crippen molar-refractivity contribution in [2.24, 2.45) is 0 Å². The average molecular weight is 164 g/mol. The fourth-order valence-electron chi connectivity index (χ4n) is 0.849. The van der Waals surface area contributed by atoms with Crippen LogP contribution in [0, 0.1) is 6.92 Å². The quantitative estimate of drug-likeness (QED) is 0.707. The molecular formula is C11H18N. The molecule has 0 amide bonds. The highest BCUT2D eigenvalue weighted by molar-refractivity contribution is 5.14. The van der Waals surface area contributed by atoms with Crippen molar-refractivity contribution in [2.75, 3.05) is 14.1 Å². The van der Waals surface area contributed by atoms with E-state index in [4.69, 9.17) is 0 Å². The van der Waals surface area contributed by atoms with E-state index in [0.717, 1.165) is 12.8 Å². The highest BCUT2D eigenvalue weighted by atomic mass is 14.7. The van der Waals surface area contributed by atoms with Gasteiger partial charge in [-0.05, 0) is 32.5 Å². The third-order valence-electron chi connectivity index (χ3n) is 1.31. The first kappa shape index (κ1) is 11.2. The van der Waals surface area contributed by atoms with Crippen molar-refractivity contribution < 1.29 is 0 Å². The van der Waals surface area contributed by atoms with Crippen LogP contribution >= 0.6 is 0 Å². The Bertz CT molecular complexity index is 170. The zero-order valence-electron chi connectivity index (χ0n) is 8.01. The fourth-order valence-corrected chi connectivity index (χ4v) is 0.849. The normalized spacial score (nSPS) is 8.58. The molecule has 0 saturated carbocycles. The maximum Gasteiger partial charge on any atom is -0.0167 e. The van der Waals surface area contributed by atoms with E-state index < -0.39 is 0 Å². The van der Waals surface area contributed by atoms with E-state index in [2.05, 4.69) is 36.5 Å². The Labute approximate surface area is 75.8 Å². The third kappa shape index (κ3) is 5.93. The van der Waals surface area contributed by atoms with Gasteiger partial charge in [0.05, 0.1) is 0 Å². The predicted octanol–water partition coefficient (Wildman–Crippen LogP) is 2.29. The Morgan fingerprint density at radius 1 is 1.17 bits per heavy atom. The lowest BCUT2D eigenvalue weighted by Crippen LogP contribution is -1.89. The minimum absolute atomic E-state index is 0.990. The summed E-state index contributed by atoms with van der Waals surface area (Å²) in [7, 11) is 3.75. The predicted molar refractivity (Wildman–Crippen MR) is 55.1 cm³/mol. The van der Waals surface area contributed by atoms with Crippen LogP contribution in [0.4, 0.5) is 0 Å². The lowest BCUT2D eigenvalue weighted by Gasteiger charge is -1.93. The molecule has 1 rings (SSSR count). The van der Waals surface area contributed by atoms with Crippen molar-refractivity contribution in [3.8, 4) is 0 Å². The molecule has 1 radical (unpaired) electrons. The lowest BCUT2D eigenvalue weighted by atomic mass is 10.1. The molecule has 0 aromatic heterocycles. The number of benzene rings is 1. The zero-order chi connectivity index (χ0) is 9.23. The van der Waals surface area contributed by atoms with Crippen LogP contribution in [0.5, 0.6) is 0 Å². The van der Waals surface area contributed by atoms with Crippen LogP contribution in [-0.4, -0.2) is 14.1 Å². The van der Waals surface area contributed by atoms with Gasteiger partial charge in [0.2, 0.25) is 0 Å². The standard InChI is InChI=1S/C9H11.C2H7N/c1-2-6-9-7-4-3-5-8-9;1-3-2/h3-5,7-8H,1-2,6H2;3H,1-2H3. The van der Waals surface area contributed by atoms with Crippen LogP contribution in [0.3, 0.4) is 0 Å². The Balaban J connectivity index is 0.000000354. The first-order chi connectivity index (χ1) is 5.85. The molecule has 0 aliphatic carbocycles. The zero-order valence-corrected chi connectivity index (χ0v) is 8.01. The highest BCUT2D eigenvalue weighted by Gasteiger charge is 1.84. The molecule has 0 spiro atoms. The van der Waals surface area contributed by atoms with Gasteiger partial charge in [-0.25, -0.2) is 0 Å². The van der Waals surface area contributed by atoms with Gasteiger partial charge in [-0.15, -0.1) is 0 Å². The van der Waals surface area contributed by atoms with Crippen molar-refractivity contribution in [1.29, 1.82) is 0 Å². The van der Waals surface area contributed by atoms with E-state index >= 15 is 0 Å². The van der Waals surface area contributed by atoms with Gasteiger partial charge in [-0.3, -0.25) is 0 Å². The molecule has 1 aromatic rings. The second-order valence-electron chi connectivity index (χ2n) is 2.59. The third-order valence-corrected chi connectivity index (χ3v) is 1.31. The van der Waals surface area contributed by atoms with E-state index in [0.29, 0.717) is 0 Å². The van der Waals surface area contributed by atoms with Gasteiger partial charge in [0.15, 0.2) is 0 Å². The molecule has 1 nitrogen and oxygen atoms in total. The molecular weight excluding hydrogens is 146 g/mol. The van der Waals surface area contributed by atoms with Gasteiger partial charge in [0.1, 0.15) is 0 Å². The highest BCUT2D eigenvalue weighted by Crippen LogP contribution is 2.00. The lowest BCUT2D eigenvalue weighted by molar-refractivity contribution is 1.000. The summed E-state index contributed by atoms with van der Waals surface area (Å²) in [5.74, 6) is 0. The van der Waals surface area contributed by atoms with Gasteiger partial charge < -0.3 is 5.32 Å². The topological polar surface area (TPSA) is 12.0 Å². The van der Waals surface area contributed by atoms with Gasteiger partial charge >= 0.3 is 0 Å². The van der Waals surface area contributed by atoms with Crippen molar-refractivity contribution in [1.82, 2.24) is 5.32 Å². The summed E-state index contributed by atoms with van der Waals surface area (Å²) in [5, 5.41) is 2.75. The van der Waals surface area contributed by atoms with Gasteiger partial charge in [0.25, 0.3) is 0 Å². The Morgan fingerprint density at radius 2 is 1.67 bits per heavy atom. The second kappa shape index (κ2) is 8.28. The molecule has 12 heavy (non-hydrogen) atoms. The van der Waals surface area contributed by atoms with Crippen LogP contribution in [0.2, 0.25) is 0 Å². The summed E-state index contributed by atoms with van der Waals surface area (Å²) < 4.78 is 0. The monoisotopic (exact) mass is 164 g/mol. The van der Waals surface area contributed by atoms with Crippen molar-refractivity contribution >= 4 is 0 Å². The summed E-state index contributed by atoms with van der Waals surface area (Å²) in [6.07, 6.45) is 2.09. The second-order valence-corrected chi connectivity index (χ2v) is 2.59. The minimum atomic E-state index is 0.990. The molecule has 0 saturated heterocycles. The van der Waals surface area contributed by atoms with Crippen LogP contribution in [0.1, 0.15) is 12.0 Å². The Kier molecular flexibility index (Phi) is 7.71. The molecule has 0 heterocycles. The van der Waals surface area contributed by atoms with E-state index in [1.54, 1.807) is 0 Å². The first-order valence-electron chi connectivity index (χ1n) is 4.26. The fraction of sp³-hybridized carbons (Fsp3) is 0.364. The SMILES string of the molecule is CNC.[CH2]CCc1ccccc1. The van der Waals surface area contributed by atoms with Crippen LogP contribution < -0.4 is 5.32 Å². The molecule has 0 unspecified atom stereocenters. The minimum Gasteiger partial charge on any atom is -0.323 e. The number of rotatable bonds is 2. The largest absolute Gasteiger partial charge is 0.323 e. The number of hydrogen-bond donors (Lipinski definition) is 1. The summed E-state index contributed by atoms with van der Waals surface area (Å²) in [4.78, 5) is 0. The molecule has 1 N–H and O–H groups in total. The van der Waals surface area contributed by atoms with Gasteiger partial charge in [-0.2, -0.15) is 0 Å². The number of aryl methyl sites for hydroxylation is 1. The molecule has 67 valence electrons. The molecule has 0 bridgehead atoms. The van der Waals surface area contributed by atoms with E-state index in [-0.39, 0.29) is 0 Å². The molecule has 1 aromatic carbocycles. The van der Waals surface area contributed by atoms with Crippen LogP contribution in [0.25, 0.3) is 0 Å². The van der Waals surface area contributed by atoms with E-state index in [1.807, 2.05) is 20.2 Å². The first-order valence-corrected chi connectivity index (χ1v) is 4.26. The molecule has 0 aliphatic rings. The smallest absolute Gasteiger partial charge is 0.0167 e. The van der Waals surface area contributed by atoms with Crippen molar-refractivity contribution in [3.63, 3.8) is 0 Å². The number of hydrogen-bond acceptors (Lipinski definition) is 1. The Hall–Kier alpha value is -0.820. The maximum absolute atomic E-state index is 3.78. The summed E-state index contributed by atoms with van der Waals surface area (Å²) in [6, 6.07) is 10.4. The molecule has 0 fully saturated rings. The van der Waals surface area contributed by atoms with E-state index in [9.17, 15) is 0 Å². The molecule has 0 aliphatic heterocycles. The molecule has 1 heteroatoms. The van der Waals surface area contributed by atoms with Gasteiger partial charge in [-0.1, -0.05) is 37.3 Å². The average Bonchev–Trinajstić information content (AvgIpc) is 2.08. The van der Waals surface area contributed by atoms with Crippen LogP contribution in [-0.2, 0) is 6.42 Å². The summed E-state index contributed by atoms with van der Waals surface area (Å²) in [6.45, 7) is 3.78. The maximum atomic E-state index is 3.78. The van der Waals surface area contributed by atoms with Gasteiger partial charge in [0, 0.05) is 0 Å². The number of nitrogens with one attached hydrogen (secondary N) is 1. The van der Waals surface area contributed by atoms with E-state index in [1.165, 1.54) is 5.56 Å². The summed E-state index contributed by atoms with van der Waals surface area (Å²) >= 11 is 0. The van der Waals surface area contributed by atoms with Crippen molar-refractivity contribution in [3.05, 3.63) is 42.8 Å². The Morgan fingerprint density at radius 3 is 2.08 bits per heavy atom. The van der Waals surface area contributed by atoms with Crippen LogP contribution in [0.15, 0.2) is 30.3 Å². The molecule has 0 atom stereocenters. The summed E-state index contributed by atoms with van der Waals surface area (Å²) in [5.41, 5.74) is 1.38. The van der Waals surface area contributed by atoms with Crippen molar-refractivity contribution in [2.45, 2.75) is 12.8 Å².